The first-order valence-electron chi connectivity index (χ1n) is 7.38. The highest BCUT2D eigenvalue weighted by Crippen LogP contribution is 2.30. The van der Waals surface area contributed by atoms with Crippen molar-refractivity contribution in [1.82, 2.24) is 9.97 Å². The van der Waals surface area contributed by atoms with Gasteiger partial charge in [0.25, 0.3) is 0 Å². The smallest absolute Gasteiger partial charge is 0.133 e. The summed E-state index contributed by atoms with van der Waals surface area (Å²) in [4.78, 5) is 11.5. The molecule has 1 saturated carbocycles. The molecule has 1 aromatic heterocycles. The zero-order chi connectivity index (χ0) is 13.8. The fourth-order valence-electron chi connectivity index (χ4n) is 3.01. The molecule has 1 fully saturated rings. The molecule has 19 heavy (non-hydrogen) atoms. The lowest BCUT2D eigenvalue weighted by molar-refractivity contribution is 0.320. The Morgan fingerprint density at radius 3 is 2.74 bits per heavy atom. The molecule has 2 atom stereocenters. The minimum atomic E-state index is 0.616. The molecule has 3 nitrogen and oxygen atoms in total. The second-order valence-corrected chi connectivity index (χ2v) is 6.47. The van der Waals surface area contributed by atoms with Crippen LogP contribution in [-0.4, -0.2) is 23.1 Å². The largest absolute Gasteiger partial charge is 0.356 e. The molecular weight excluding hydrogens is 302 g/mol. The van der Waals surface area contributed by atoms with E-state index in [1.165, 1.54) is 25.7 Å². The van der Waals surface area contributed by atoms with Gasteiger partial charge in [-0.15, -0.1) is 0 Å². The SMILES string of the molecule is CCCc1nc(Br)cc(N(C)C2CCCCC2C)n1. The normalized spacial score (nSPS) is 23.4. The Balaban J connectivity index is 2.19. The van der Waals surface area contributed by atoms with E-state index in [0.29, 0.717) is 6.04 Å². The molecule has 0 saturated heterocycles. The van der Waals surface area contributed by atoms with Gasteiger partial charge >= 0.3 is 0 Å². The van der Waals surface area contributed by atoms with Crippen LogP contribution in [0.3, 0.4) is 0 Å². The van der Waals surface area contributed by atoms with Crippen LogP contribution in [0, 0.1) is 5.92 Å². The Kier molecular flexibility index (Phi) is 5.20. The van der Waals surface area contributed by atoms with Crippen molar-refractivity contribution < 1.29 is 0 Å². The third kappa shape index (κ3) is 3.68. The number of nitrogens with zero attached hydrogens (tertiary/aromatic N) is 3. The van der Waals surface area contributed by atoms with Crippen molar-refractivity contribution in [3.05, 3.63) is 16.5 Å². The second-order valence-electron chi connectivity index (χ2n) is 5.66. The van der Waals surface area contributed by atoms with Crippen LogP contribution in [0.15, 0.2) is 10.7 Å². The van der Waals surface area contributed by atoms with Crippen LogP contribution in [0.1, 0.15) is 51.8 Å². The van der Waals surface area contributed by atoms with Gasteiger partial charge in [-0.05, 0) is 41.1 Å². The maximum atomic E-state index is 4.72. The van der Waals surface area contributed by atoms with Crippen LogP contribution in [0.25, 0.3) is 0 Å². The Labute approximate surface area is 125 Å². The molecule has 106 valence electrons. The number of hydrogen-bond acceptors (Lipinski definition) is 3. The van der Waals surface area contributed by atoms with Crippen LogP contribution >= 0.6 is 15.9 Å². The summed E-state index contributed by atoms with van der Waals surface area (Å²) in [5, 5.41) is 0. The maximum absolute atomic E-state index is 4.72. The van der Waals surface area contributed by atoms with E-state index in [4.69, 9.17) is 4.98 Å². The summed E-state index contributed by atoms with van der Waals surface area (Å²) in [6, 6.07) is 2.66. The van der Waals surface area contributed by atoms with Crippen molar-refractivity contribution in [3.63, 3.8) is 0 Å². The Morgan fingerprint density at radius 2 is 2.05 bits per heavy atom. The summed E-state index contributed by atoms with van der Waals surface area (Å²) >= 11 is 3.51. The van der Waals surface area contributed by atoms with Crippen molar-refractivity contribution >= 4 is 21.7 Å². The Bertz CT molecular complexity index is 422. The molecule has 1 aliphatic carbocycles. The highest BCUT2D eigenvalue weighted by Gasteiger charge is 2.26. The molecule has 1 heterocycles. The number of halogens is 1. The van der Waals surface area contributed by atoms with Gasteiger partial charge in [0.1, 0.15) is 16.2 Å². The van der Waals surface area contributed by atoms with E-state index in [2.05, 4.69) is 46.7 Å². The molecule has 0 amide bonds. The zero-order valence-electron chi connectivity index (χ0n) is 12.2. The molecule has 0 bridgehead atoms. The van der Waals surface area contributed by atoms with E-state index in [1.807, 2.05) is 6.07 Å². The fraction of sp³-hybridized carbons (Fsp3) is 0.733. The van der Waals surface area contributed by atoms with Crippen molar-refractivity contribution in [2.75, 3.05) is 11.9 Å². The van der Waals surface area contributed by atoms with Crippen LogP contribution < -0.4 is 4.90 Å². The van der Waals surface area contributed by atoms with Crippen LogP contribution in [-0.2, 0) is 6.42 Å². The van der Waals surface area contributed by atoms with Gasteiger partial charge in [-0.3, -0.25) is 0 Å². The molecule has 0 aromatic carbocycles. The number of aromatic nitrogens is 2. The molecule has 1 aromatic rings. The van der Waals surface area contributed by atoms with Gasteiger partial charge in [-0.2, -0.15) is 0 Å². The van der Waals surface area contributed by atoms with E-state index < -0.39 is 0 Å². The molecule has 2 unspecified atom stereocenters. The van der Waals surface area contributed by atoms with Crippen molar-refractivity contribution in [2.45, 2.75) is 58.4 Å². The predicted molar refractivity (Wildman–Crippen MR) is 83.6 cm³/mol. The predicted octanol–water partition coefficient (Wildman–Crippen LogP) is 4.21. The van der Waals surface area contributed by atoms with Crippen LogP contribution in [0.4, 0.5) is 5.82 Å². The highest BCUT2D eigenvalue weighted by molar-refractivity contribution is 9.10. The Hall–Kier alpha value is -0.640. The number of anilines is 1. The fourth-order valence-corrected chi connectivity index (χ4v) is 3.42. The van der Waals surface area contributed by atoms with Gasteiger partial charge in [0.2, 0.25) is 0 Å². The van der Waals surface area contributed by atoms with E-state index in [9.17, 15) is 0 Å². The monoisotopic (exact) mass is 325 g/mol. The molecule has 0 aliphatic heterocycles. The molecule has 0 radical (unpaired) electrons. The average Bonchev–Trinajstić information content (AvgIpc) is 2.38. The Morgan fingerprint density at radius 1 is 1.32 bits per heavy atom. The first-order valence-corrected chi connectivity index (χ1v) is 8.17. The van der Waals surface area contributed by atoms with E-state index in [0.717, 1.165) is 35.0 Å². The lowest BCUT2D eigenvalue weighted by atomic mass is 9.85. The van der Waals surface area contributed by atoms with Crippen molar-refractivity contribution in [2.24, 2.45) is 5.92 Å². The molecule has 2 rings (SSSR count). The van der Waals surface area contributed by atoms with Gasteiger partial charge in [0.05, 0.1) is 0 Å². The van der Waals surface area contributed by atoms with Gasteiger partial charge in [0, 0.05) is 25.6 Å². The van der Waals surface area contributed by atoms with Crippen molar-refractivity contribution in [1.29, 1.82) is 0 Å². The second kappa shape index (κ2) is 6.69. The molecule has 1 aliphatic rings. The standard InChI is InChI=1S/C15H24BrN3/c1-4-7-14-17-13(16)10-15(18-14)19(3)12-9-6-5-8-11(12)2/h10-12H,4-9H2,1-3H3. The highest BCUT2D eigenvalue weighted by atomic mass is 79.9. The van der Waals surface area contributed by atoms with E-state index in [1.54, 1.807) is 0 Å². The summed E-state index contributed by atoms with van der Waals surface area (Å²) < 4.78 is 0.899. The van der Waals surface area contributed by atoms with Gasteiger partial charge in [0.15, 0.2) is 0 Å². The zero-order valence-corrected chi connectivity index (χ0v) is 13.8. The van der Waals surface area contributed by atoms with E-state index >= 15 is 0 Å². The van der Waals surface area contributed by atoms with Gasteiger partial charge in [-0.25, -0.2) is 9.97 Å². The topological polar surface area (TPSA) is 29.0 Å². The third-order valence-electron chi connectivity index (χ3n) is 4.13. The van der Waals surface area contributed by atoms with Crippen LogP contribution in [0.2, 0.25) is 0 Å². The lowest BCUT2D eigenvalue weighted by Crippen LogP contribution is -2.39. The molecule has 0 N–H and O–H groups in total. The van der Waals surface area contributed by atoms with E-state index in [-0.39, 0.29) is 0 Å². The minimum absolute atomic E-state index is 0.616. The summed E-state index contributed by atoms with van der Waals surface area (Å²) in [7, 11) is 2.18. The van der Waals surface area contributed by atoms with Gasteiger partial charge < -0.3 is 4.90 Å². The summed E-state index contributed by atoms with van der Waals surface area (Å²) in [6.07, 6.45) is 7.36. The van der Waals surface area contributed by atoms with Crippen LogP contribution in [0.5, 0.6) is 0 Å². The molecule has 0 spiro atoms. The quantitative estimate of drug-likeness (QED) is 0.776. The minimum Gasteiger partial charge on any atom is -0.356 e. The average molecular weight is 326 g/mol. The lowest BCUT2D eigenvalue weighted by Gasteiger charge is -2.37. The third-order valence-corrected chi connectivity index (χ3v) is 4.53. The first-order chi connectivity index (χ1) is 9.11. The molecule has 4 heteroatoms. The number of hydrogen-bond donors (Lipinski definition) is 0. The molecular formula is C15H24BrN3. The summed E-state index contributed by atoms with van der Waals surface area (Å²) in [6.45, 7) is 4.53. The first kappa shape index (κ1) is 14.8. The van der Waals surface area contributed by atoms with Crippen molar-refractivity contribution in [3.8, 4) is 0 Å². The maximum Gasteiger partial charge on any atom is 0.133 e. The summed E-state index contributed by atoms with van der Waals surface area (Å²) in [5.74, 6) is 2.76. The number of rotatable bonds is 4. The van der Waals surface area contributed by atoms with Gasteiger partial charge in [-0.1, -0.05) is 26.7 Å². The number of aryl methyl sites for hydroxylation is 1. The summed E-state index contributed by atoms with van der Waals surface area (Å²) in [5.41, 5.74) is 0.